The Bertz CT molecular complexity index is 812. The molecule has 3 rings (SSSR count). The molecule has 28 heavy (non-hydrogen) atoms. The molecule has 0 saturated carbocycles. The van der Waals surface area contributed by atoms with Gasteiger partial charge in [0.05, 0.1) is 5.04 Å². The van der Waals surface area contributed by atoms with Crippen LogP contribution in [0.15, 0.2) is 35.2 Å². The van der Waals surface area contributed by atoms with E-state index >= 15 is 0 Å². The van der Waals surface area contributed by atoms with Crippen molar-refractivity contribution in [1.82, 2.24) is 0 Å². The van der Waals surface area contributed by atoms with Gasteiger partial charge in [0.1, 0.15) is 23.8 Å². The van der Waals surface area contributed by atoms with Gasteiger partial charge in [-0.15, -0.1) is 11.8 Å². The molecule has 2 aliphatic heterocycles. The second-order valence-corrected chi connectivity index (χ2v) is 7.95. The summed E-state index contributed by atoms with van der Waals surface area (Å²) in [7, 11) is 0. The summed E-state index contributed by atoms with van der Waals surface area (Å²) in [5.41, 5.74) is -6.26. The largest absolute Gasteiger partial charge is 0.508 e. The summed E-state index contributed by atoms with van der Waals surface area (Å²) in [4.78, 5) is 4.45. The molecule has 1 aromatic rings. The van der Waals surface area contributed by atoms with Crippen molar-refractivity contribution in [3.8, 4) is 0 Å². The zero-order chi connectivity index (χ0) is 21.1. The lowest BCUT2D eigenvalue weighted by molar-refractivity contribution is -0.0515. The Morgan fingerprint density at radius 3 is 2.61 bits per heavy atom. The zero-order valence-corrected chi connectivity index (χ0v) is 16.8. The van der Waals surface area contributed by atoms with E-state index in [1.165, 1.54) is 23.9 Å². The molecule has 3 unspecified atom stereocenters. The molecule has 11 heteroatoms. The van der Waals surface area contributed by atoms with Crippen LogP contribution in [0.4, 0.5) is 22.0 Å². The third kappa shape index (κ3) is 4.68. The fourth-order valence-corrected chi connectivity index (χ4v) is 4.18. The Balaban J connectivity index is 0.00000136. The predicted molar refractivity (Wildman–Crippen MR) is 97.8 cm³/mol. The molecule has 0 amide bonds. The van der Waals surface area contributed by atoms with E-state index in [4.69, 9.17) is 4.74 Å². The second-order valence-electron chi connectivity index (χ2n) is 5.63. The van der Waals surface area contributed by atoms with Gasteiger partial charge in [-0.05, 0) is 13.0 Å². The summed E-state index contributed by atoms with van der Waals surface area (Å²) >= 11 is -2.25. The fraction of sp³-hybridized carbons (Fsp3) is 0.471. The lowest BCUT2D eigenvalue weighted by Gasteiger charge is -2.42. The number of rotatable bonds is 3. The van der Waals surface area contributed by atoms with Crippen molar-refractivity contribution < 1.29 is 35.1 Å². The number of benzene rings is 1. The number of ether oxygens (including phenoxy) is 1. The van der Waals surface area contributed by atoms with Crippen LogP contribution in [0.1, 0.15) is 26.3 Å². The highest BCUT2D eigenvalue weighted by Gasteiger charge is 2.49. The highest BCUT2D eigenvalue weighted by atomic mass is 32.2. The maximum Gasteiger partial charge on any atom is 0.508 e. The van der Waals surface area contributed by atoms with Gasteiger partial charge in [-0.25, -0.2) is 13.0 Å². The maximum atomic E-state index is 14.4. The molecule has 2 aliphatic rings. The van der Waals surface area contributed by atoms with Gasteiger partial charge in [0.15, 0.2) is 0 Å². The van der Waals surface area contributed by atoms with Crippen LogP contribution in [0, 0.1) is 17.6 Å². The molecule has 0 bridgehead atoms. The van der Waals surface area contributed by atoms with Crippen LogP contribution in [0.5, 0.6) is 0 Å². The number of hydrogen-bond donors (Lipinski definition) is 0. The van der Waals surface area contributed by atoms with E-state index in [1.807, 2.05) is 13.8 Å². The molecular formula is C17H18F5NO3S2. The Morgan fingerprint density at radius 1 is 1.32 bits per heavy atom. The van der Waals surface area contributed by atoms with E-state index < -0.39 is 45.6 Å². The van der Waals surface area contributed by atoms with Gasteiger partial charge in [0, 0.05) is 29.4 Å². The Labute approximate surface area is 165 Å². The van der Waals surface area contributed by atoms with Crippen LogP contribution in [-0.2, 0) is 25.5 Å². The van der Waals surface area contributed by atoms with Crippen LogP contribution in [0.3, 0.4) is 0 Å². The Hall–Kier alpha value is -1.62. The summed E-state index contributed by atoms with van der Waals surface area (Å²) in [5.74, 6) is -2.38. The number of fused-ring (bicyclic) bond motifs is 1. The molecular weight excluding hydrogens is 425 g/mol. The van der Waals surface area contributed by atoms with Crippen LogP contribution in [0.25, 0.3) is 0 Å². The van der Waals surface area contributed by atoms with Crippen molar-refractivity contribution in [2.24, 2.45) is 10.9 Å². The number of thioether (sulfide) groups is 1. The molecule has 156 valence electrons. The first-order valence-electron chi connectivity index (χ1n) is 8.28. The third-order valence-electron chi connectivity index (χ3n) is 3.96. The van der Waals surface area contributed by atoms with E-state index in [0.717, 1.165) is 6.07 Å². The Kier molecular flexibility index (Phi) is 7.13. The molecule has 0 spiro atoms. The van der Waals surface area contributed by atoms with Crippen molar-refractivity contribution in [2.45, 2.75) is 31.8 Å². The average Bonchev–Trinajstić information content (AvgIpc) is 2.62. The van der Waals surface area contributed by atoms with Gasteiger partial charge in [-0.2, -0.15) is 13.2 Å². The van der Waals surface area contributed by atoms with E-state index in [-0.39, 0.29) is 12.2 Å². The predicted octanol–water partition coefficient (Wildman–Crippen LogP) is 5.04. The molecule has 4 nitrogen and oxygen atoms in total. The molecule has 0 aliphatic carbocycles. The molecule has 2 heterocycles. The maximum absolute atomic E-state index is 14.4. The monoisotopic (exact) mass is 443 g/mol. The fourth-order valence-electron chi connectivity index (χ4n) is 2.82. The van der Waals surface area contributed by atoms with Crippen LogP contribution in [0.2, 0.25) is 0 Å². The molecule has 0 saturated heterocycles. The summed E-state index contributed by atoms with van der Waals surface area (Å²) < 4.78 is 85.4. The molecule has 0 fully saturated rings. The standard InChI is InChI=1S/C15H12F5NO3S2.C2H6/c1-8-21-14(11-3-2-10(16)5-12(11)17)7-23-13(4-9(14)6-25-8)24-26(22)15(18,19)20;1-2/h2-5,9H,6-7H2,1H3;1-2H3. The molecule has 0 N–H and O–H groups in total. The first kappa shape index (κ1) is 22.7. The average molecular weight is 443 g/mol. The SMILES string of the molecule is CC.CC1=NC2(c3ccc(F)cc3F)COC(OS(=O)C(F)(F)F)=CC2CS1. The lowest BCUT2D eigenvalue weighted by atomic mass is 9.78. The number of halogens is 5. The number of aliphatic imine (C=N–C) groups is 1. The van der Waals surface area contributed by atoms with Crippen LogP contribution >= 0.6 is 11.8 Å². The minimum Gasteiger partial charge on any atom is -0.462 e. The molecule has 3 atom stereocenters. The van der Waals surface area contributed by atoms with Crippen molar-refractivity contribution in [3.63, 3.8) is 0 Å². The smallest absolute Gasteiger partial charge is 0.462 e. The first-order valence-corrected chi connectivity index (χ1v) is 10.3. The summed E-state index contributed by atoms with van der Waals surface area (Å²) in [6.07, 6.45) is 1.21. The first-order chi connectivity index (χ1) is 13.1. The van der Waals surface area contributed by atoms with Crippen molar-refractivity contribution in [1.29, 1.82) is 0 Å². The normalized spacial score (nSPS) is 25.2. The van der Waals surface area contributed by atoms with Gasteiger partial charge in [0.2, 0.25) is 0 Å². The highest BCUT2D eigenvalue weighted by molar-refractivity contribution is 8.13. The van der Waals surface area contributed by atoms with Crippen LogP contribution in [-0.4, -0.2) is 27.1 Å². The summed E-state index contributed by atoms with van der Waals surface area (Å²) in [6.45, 7) is 5.37. The number of hydrogen-bond acceptors (Lipinski definition) is 5. The van der Waals surface area contributed by atoms with Crippen molar-refractivity contribution in [2.75, 3.05) is 12.4 Å². The summed E-state index contributed by atoms with van der Waals surface area (Å²) in [5, 5.41) is 0.630. The highest BCUT2D eigenvalue weighted by Crippen LogP contribution is 2.46. The summed E-state index contributed by atoms with van der Waals surface area (Å²) in [6, 6.07) is 3.02. The van der Waals surface area contributed by atoms with E-state index in [0.29, 0.717) is 16.9 Å². The van der Waals surface area contributed by atoms with Crippen molar-refractivity contribution >= 4 is 27.9 Å². The van der Waals surface area contributed by atoms with E-state index in [9.17, 15) is 26.2 Å². The minimum absolute atomic E-state index is 0.0655. The second kappa shape index (κ2) is 8.81. The lowest BCUT2D eigenvalue weighted by Crippen LogP contribution is -2.45. The van der Waals surface area contributed by atoms with Gasteiger partial charge in [-0.1, -0.05) is 19.9 Å². The van der Waals surface area contributed by atoms with Crippen molar-refractivity contribution in [3.05, 3.63) is 47.4 Å². The van der Waals surface area contributed by atoms with Gasteiger partial charge in [-0.3, -0.25) is 4.99 Å². The van der Waals surface area contributed by atoms with E-state index in [2.05, 4.69) is 9.18 Å². The van der Waals surface area contributed by atoms with Gasteiger partial charge >= 0.3 is 16.6 Å². The van der Waals surface area contributed by atoms with Gasteiger partial charge in [0.25, 0.3) is 5.95 Å². The zero-order valence-electron chi connectivity index (χ0n) is 15.2. The van der Waals surface area contributed by atoms with E-state index in [1.54, 1.807) is 6.92 Å². The minimum atomic E-state index is -5.06. The third-order valence-corrected chi connectivity index (χ3v) is 5.69. The topological polar surface area (TPSA) is 47.9 Å². The molecule has 0 radical (unpaired) electrons. The molecule has 1 aromatic carbocycles. The molecule has 0 aromatic heterocycles. The number of nitrogens with zero attached hydrogens (tertiary/aromatic N) is 1. The van der Waals surface area contributed by atoms with Gasteiger partial charge < -0.3 is 8.92 Å². The number of alkyl halides is 3. The quantitative estimate of drug-likeness (QED) is 0.615. The van der Waals surface area contributed by atoms with Crippen LogP contribution < -0.4 is 0 Å². The Morgan fingerprint density at radius 2 is 2.00 bits per heavy atom.